The van der Waals surface area contributed by atoms with Crippen LogP contribution in [0.25, 0.3) is 0 Å². The smallest absolute Gasteiger partial charge is 0.225 e. The van der Waals surface area contributed by atoms with Crippen molar-refractivity contribution in [3.63, 3.8) is 0 Å². The number of carbonyl (C=O) groups is 2. The predicted molar refractivity (Wildman–Crippen MR) is 92.0 cm³/mol. The van der Waals surface area contributed by atoms with E-state index in [1.165, 1.54) is 25.7 Å². The average Bonchev–Trinajstić information content (AvgIpc) is 2.90. The molecule has 2 fully saturated rings. The van der Waals surface area contributed by atoms with Crippen LogP contribution in [0.2, 0.25) is 0 Å². The second-order valence-electron chi connectivity index (χ2n) is 6.97. The van der Waals surface area contributed by atoms with Gasteiger partial charge in [0, 0.05) is 25.2 Å². The molecule has 0 aromatic carbocycles. The van der Waals surface area contributed by atoms with Crippen molar-refractivity contribution in [2.24, 2.45) is 5.92 Å². The highest BCUT2D eigenvalue weighted by Gasteiger charge is 2.34. The Labute approximate surface area is 143 Å². The molecule has 1 saturated heterocycles. The van der Waals surface area contributed by atoms with Crippen LogP contribution in [0.15, 0.2) is 24.4 Å². The third kappa shape index (κ3) is 4.34. The van der Waals surface area contributed by atoms with E-state index in [1.54, 1.807) is 6.20 Å². The van der Waals surface area contributed by atoms with Gasteiger partial charge in [0.2, 0.25) is 11.8 Å². The van der Waals surface area contributed by atoms with Gasteiger partial charge in [-0.3, -0.25) is 14.6 Å². The molecule has 5 heteroatoms. The molecule has 1 atom stereocenters. The summed E-state index contributed by atoms with van der Waals surface area (Å²) in [4.78, 5) is 31.1. The Morgan fingerprint density at radius 2 is 1.96 bits per heavy atom. The number of amides is 2. The van der Waals surface area contributed by atoms with Gasteiger partial charge in [-0.15, -0.1) is 0 Å². The lowest BCUT2D eigenvalue weighted by Gasteiger charge is -2.37. The van der Waals surface area contributed by atoms with Crippen LogP contribution in [-0.2, 0) is 16.1 Å². The van der Waals surface area contributed by atoms with Crippen LogP contribution >= 0.6 is 0 Å². The van der Waals surface area contributed by atoms with Gasteiger partial charge in [0.1, 0.15) is 0 Å². The van der Waals surface area contributed by atoms with Crippen LogP contribution < -0.4 is 5.32 Å². The Morgan fingerprint density at radius 3 is 2.67 bits per heavy atom. The van der Waals surface area contributed by atoms with Crippen LogP contribution in [-0.4, -0.2) is 34.3 Å². The molecule has 2 amide bonds. The second kappa shape index (κ2) is 8.27. The molecule has 1 aliphatic heterocycles. The monoisotopic (exact) mass is 329 g/mol. The first-order chi connectivity index (χ1) is 11.7. The van der Waals surface area contributed by atoms with Crippen LogP contribution in [0.4, 0.5) is 0 Å². The third-order valence-corrected chi connectivity index (χ3v) is 5.25. The van der Waals surface area contributed by atoms with E-state index in [0.29, 0.717) is 32.0 Å². The van der Waals surface area contributed by atoms with E-state index in [4.69, 9.17) is 0 Å². The van der Waals surface area contributed by atoms with Crippen molar-refractivity contribution in [2.45, 2.75) is 64.0 Å². The molecule has 2 heterocycles. The molecule has 1 N–H and O–H groups in total. The molecule has 0 spiro atoms. The van der Waals surface area contributed by atoms with Gasteiger partial charge in [-0.05, 0) is 31.4 Å². The number of rotatable bonds is 4. The molecule has 1 aromatic rings. The fraction of sp³-hybridized carbons (Fsp3) is 0.632. The second-order valence-corrected chi connectivity index (χ2v) is 6.97. The normalized spacial score (nSPS) is 22.9. The van der Waals surface area contributed by atoms with Gasteiger partial charge in [0.25, 0.3) is 0 Å². The summed E-state index contributed by atoms with van der Waals surface area (Å²) in [6, 6.07) is 6.03. The zero-order chi connectivity index (χ0) is 16.8. The van der Waals surface area contributed by atoms with E-state index in [2.05, 4.69) is 10.3 Å². The third-order valence-electron chi connectivity index (χ3n) is 5.25. The Morgan fingerprint density at radius 1 is 1.17 bits per heavy atom. The molecule has 2 aliphatic rings. The van der Waals surface area contributed by atoms with Gasteiger partial charge in [-0.2, -0.15) is 0 Å². The SMILES string of the molecule is O=C(NCc1ccccn1)[C@H]1CCC(=O)N(C2CCCCCC2)C1. The number of piperidine rings is 1. The summed E-state index contributed by atoms with van der Waals surface area (Å²) in [5.74, 6) is 0.192. The molecule has 3 rings (SSSR count). The maximum absolute atomic E-state index is 12.5. The summed E-state index contributed by atoms with van der Waals surface area (Å²) in [5.41, 5.74) is 0.860. The van der Waals surface area contributed by atoms with Crippen molar-refractivity contribution in [1.29, 1.82) is 0 Å². The number of nitrogens with zero attached hydrogens (tertiary/aromatic N) is 2. The minimum Gasteiger partial charge on any atom is -0.350 e. The van der Waals surface area contributed by atoms with Crippen LogP contribution in [0.1, 0.15) is 57.1 Å². The molecular weight excluding hydrogens is 302 g/mol. The van der Waals surface area contributed by atoms with Crippen molar-refractivity contribution in [1.82, 2.24) is 15.2 Å². The van der Waals surface area contributed by atoms with Gasteiger partial charge in [0.05, 0.1) is 18.2 Å². The molecule has 1 aromatic heterocycles. The first kappa shape index (κ1) is 16.9. The Kier molecular flexibility index (Phi) is 5.83. The number of nitrogens with one attached hydrogen (secondary N) is 1. The number of aromatic nitrogens is 1. The molecule has 130 valence electrons. The number of likely N-dealkylation sites (tertiary alicyclic amines) is 1. The summed E-state index contributed by atoms with van der Waals surface area (Å²) in [7, 11) is 0. The van der Waals surface area contributed by atoms with E-state index in [1.807, 2.05) is 23.1 Å². The molecule has 0 unspecified atom stereocenters. The number of carbonyl (C=O) groups excluding carboxylic acids is 2. The number of hydrogen-bond acceptors (Lipinski definition) is 3. The van der Waals surface area contributed by atoms with Crippen molar-refractivity contribution in [3.05, 3.63) is 30.1 Å². The van der Waals surface area contributed by atoms with Crippen molar-refractivity contribution in [2.75, 3.05) is 6.54 Å². The maximum atomic E-state index is 12.5. The molecule has 5 nitrogen and oxygen atoms in total. The average molecular weight is 329 g/mol. The van der Waals surface area contributed by atoms with Gasteiger partial charge >= 0.3 is 0 Å². The zero-order valence-electron chi connectivity index (χ0n) is 14.2. The standard InChI is InChI=1S/C19H27N3O2/c23-18-11-10-15(14-22(18)17-8-3-1-2-4-9-17)19(24)21-13-16-7-5-6-12-20-16/h5-7,12,15,17H,1-4,8-11,13-14H2,(H,21,24)/t15-/m0/s1. The van der Waals surface area contributed by atoms with Crippen molar-refractivity contribution in [3.8, 4) is 0 Å². The highest BCUT2D eigenvalue weighted by atomic mass is 16.2. The molecule has 0 radical (unpaired) electrons. The summed E-state index contributed by atoms with van der Waals surface area (Å²) in [6.07, 6.45) is 10.0. The topological polar surface area (TPSA) is 62.3 Å². The first-order valence-electron chi connectivity index (χ1n) is 9.21. The number of hydrogen-bond donors (Lipinski definition) is 1. The van der Waals surface area contributed by atoms with Gasteiger partial charge in [-0.25, -0.2) is 0 Å². The van der Waals surface area contributed by atoms with Crippen LogP contribution in [0, 0.1) is 5.92 Å². The predicted octanol–water partition coefficient (Wildman–Crippen LogP) is 2.66. The molecular formula is C19H27N3O2. The lowest BCUT2D eigenvalue weighted by atomic mass is 9.93. The van der Waals surface area contributed by atoms with E-state index < -0.39 is 0 Å². The van der Waals surface area contributed by atoms with E-state index >= 15 is 0 Å². The lowest BCUT2D eigenvalue weighted by Crippen LogP contribution is -2.49. The summed E-state index contributed by atoms with van der Waals surface area (Å²) >= 11 is 0. The van der Waals surface area contributed by atoms with Crippen molar-refractivity contribution >= 4 is 11.8 Å². The van der Waals surface area contributed by atoms with Crippen LogP contribution in [0.3, 0.4) is 0 Å². The maximum Gasteiger partial charge on any atom is 0.225 e. The van der Waals surface area contributed by atoms with Gasteiger partial charge in [-0.1, -0.05) is 31.7 Å². The summed E-state index contributed by atoms with van der Waals surface area (Å²) in [5, 5.41) is 2.98. The Balaban J connectivity index is 1.55. The summed E-state index contributed by atoms with van der Waals surface area (Å²) < 4.78 is 0. The van der Waals surface area contributed by atoms with Gasteiger partial charge < -0.3 is 10.2 Å². The fourth-order valence-electron chi connectivity index (χ4n) is 3.83. The largest absolute Gasteiger partial charge is 0.350 e. The first-order valence-corrected chi connectivity index (χ1v) is 9.21. The van der Waals surface area contributed by atoms with E-state index in [0.717, 1.165) is 18.5 Å². The quantitative estimate of drug-likeness (QED) is 0.864. The van der Waals surface area contributed by atoms with E-state index in [9.17, 15) is 9.59 Å². The molecule has 24 heavy (non-hydrogen) atoms. The zero-order valence-corrected chi connectivity index (χ0v) is 14.2. The van der Waals surface area contributed by atoms with Crippen LogP contribution in [0.5, 0.6) is 0 Å². The minimum absolute atomic E-state index is 0.0479. The highest BCUT2D eigenvalue weighted by Crippen LogP contribution is 2.27. The fourth-order valence-corrected chi connectivity index (χ4v) is 3.83. The minimum atomic E-state index is -0.0883. The molecule has 0 bridgehead atoms. The highest BCUT2D eigenvalue weighted by molar-refractivity contribution is 5.84. The summed E-state index contributed by atoms with van der Waals surface area (Å²) in [6.45, 7) is 1.03. The lowest BCUT2D eigenvalue weighted by molar-refractivity contribution is -0.141. The molecule has 1 aliphatic carbocycles. The van der Waals surface area contributed by atoms with Gasteiger partial charge in [0.15, 0.2) is 0 Å². The Hall–Kier alpha value is -1.91. The van der Waals surface area contributed by atoms with Crippen molar-refractivity contribution < 1.29 is 9.59 Å². The number of pyridine rings is 1. The molecule has 1 saturated carbocycles. The Bertz CT molecular complexity index is 553. The van der Waals surface area contributed by atoms with E-state index in [-0.39, 0.29) is 17.7 Å².